The second-order valence-corrected chi connectivity index (χ2v) is 8.03. The number of carbonyl (C=O) groups is 1. The summed E-state index contributed by atoms with van der Waals surface area (Å²) in [6.45, 7) is 1.04. The molecule has 3 aromatic rings. The molecule has 0 radical (unpaired) electrons. The molecule has 1 N–H and O–H groups in total. The molecule has 0 amide bonds. The molecule has 0 fully saturated rings. The van der Waals surface area contributed by atoms with Gasteiger partial charge in [-0.1, -0.05) is 11.6 Å². The van der Waals surface area contributed by atoms with Gasteiger partial charge in [0.05, 0.1) is 45.2 Å². The zero-order valence-electron chi connectivity index (χ0n) is 18.1. The van der Waals surface area contributed by atoms with Crippen molar-refractivity contribution in [3.63, 3.8) is 0 Å². The second kappa shape index (κ2) is 9.18. The predicted molar refractivity (Wildman–Crippen MR) is 120 cm³/mol. The molecule has 1 unspecified atom stereocenters. The van der Waals surface area contributed by atoms with Crippen LogP contribution in [0.4, 0.5) is 0 Å². The Morgan fingerprint density at radius 2 is 1.94 bits per heavy atom. The molecule has 4 rings (SSSR count). The number of H-pyrrole nitrogens is 1. The molecule has 0 aliphatic carbocycles. The molecule has 32 heavy (non-hydrogen) atoms. The summed E-state index contributed by atoms with van der Waals surface area (Å²) >= 11 is 6.01. The third-order valence-electron chi connectivity index (χ3n) is 5.77. The average molecular weight is 458 g/mol. The molecular weight excluding hydrogens is 434 g/mol. The van der Waals surface area contributed by atoms with Gasteiger partial charge in [0.15, 0.2) is 11.5 Å². The fourth-order valence-electron chi connectivity index (χ4n) is 4.18. The number of halogens is 1. The Morgan fingerprint density at radius 3 is 2.66 bits per heavy atom. The Bertz CT molecular complexity index is 1230. The van der Waals surface area contributed by atoms with Crippen LogP contribution in [0.1, 0.15) is 29.4 Å². The first-order valence-electron chi connectivity index (χ1n) is 10.2. The maximum absolute atomic E-state index is 12.6. The molecule has 9 heteroatoms. The van der Waals surface area contributed by atoms with Crippen LogP contribution in [-0.2, 0) is 22.5 Å². The SMILES string of the molecule is COC(=O)CC1c2cc(OC)c(OC)cc2CCN1Cc1nc2ccc(Cl)cc2c(=O)[nH]1. The van der Waals surface area contributed by atoms with Gasteiger partial charge >= 0.3 is 5.97 Å². The highest BCUT2D eigenvalue weighted by molar-refractivity contribution is 6.31. The third kappa shape index (κ3) is 4.28. The number of ether oxygens (including phenoxy) is 3. The molecule has 0 saturated heterocycles. The number of nitrogens with one attached hydrogen (secondary N) is 1. The summed E-state index contributed by atoms with van der Waals surface area (Å²) in [5.74, 6) is 1.44. The first-order valence-corrected chi connectivity index (χ1v) is 10.6. The lowest BCUT2D eigenvalue weighted by molar-refractivity contribution is -0.142. The molecule has 168 valence electrons. The number of hydrogen-bond donors (Lipinski definition) is 1. The zero-order valence-corrected chi connectivity index (χ0v) is 18.9. The standard InChI is InChI=1S/C23H24ClN3O5/c1-30-19-8-13-6-7-27(18(11-22(28)32-3)15(13)10-20(19)31-2)12-21-25-17-5-4-14(24)9-16(17)23(29)26-21/h4-5,8-10,18H,6-7,11-12H2,1-3H3,(H,25,26,29). The molecule has 1 aliphatic rings. The Morgan fingerprint density at radius 1 is 1.19 bits per heavy atom. The van der Waals surface area contributed by atoms with Crippen molar-refractivity contribution in [1.82, 2.24) is 14.9 Å². The number of carbonyl (C=O) groups excluding carboxylic acids is 1. The molecule has 0 bridgehead atoms. The third-order valence-corrected chi connectivity index (χ3v) is 6.01. The van der Waals surface area contributed by atoms with E-state index < -0.39 is 0 Å². The fraction of sp³-hybridized carbons (Fsp3) is 0.348. The number of fused-ring (bicyclic) bond motifs is 2. The number of aromatic nitrogens is 2. The van der Waals surface area contributed by atoms with Gasteiger partial charge in [0.1, 0.15) is 5.82 Å². The van der Waals surface area contributed by atoms with Crippen LogP contribution < -0.4 is 15.0 Å². The van der Waals surface area contributed by atoms with Crippen molar-refractivity contribution in [3.8, 4) is 11.5 Å². The van der Waals surface area contributed by atoms with Crippen molar-refractivity contribution in [3.05, 3.63) is 62.7 Å². The lowest BCUT2D eigenvalue weighted by atomic mass is 9.90. The van der Waals surface area contributed by atoms with Gasteiger partial charge in [-0.25, -0.2) is 4.98 Å². The Labute approximate surface area is 190 Å². The highest BCUT2D eigenvalue weighted by Crippen LogP contribution is 2.40. The van der Waals surface area contributed by atoms with Crippen molar-refractivity contribution in [2.75, 3.05) is 27.9 Å². The number of nitrogens with zero attached hydrogens (tertiary/aromatic N) is 2. The molecular formula is C23H24ClN3O5. The Hall–Kier alpha value is -3.10. The first kappa shape index (κ1) is 22.1. The number of benzene rings is 2. The summed E-state index contributed by atoms with van der Waals surface area (Å²) in [6, 6.07) is 8.63. The van der Waals surface area contributed by atoms with Crippen LogP contribution in [-0.4, -0.2) is 48.7 Å². The average Bonchev–Trinajstić information content (AvgIpc) is 2.80. The van der Waals surface area contributed by atoms with Crippen LogP contribution in [0.5, 0.6) is 11.5 Å². The minimum Gasteiger partial charge on any atom is -0.493 e. The maximum Gasteiger partial charge on any atom is 0.307 e. The largest absolute Gasteiger partial charge is 0.493 e. The van der Waals surface area contributed by atoms with Crippen molar-refractivity contribution in [2.24, 2.45) is 0 Å². The molecule has 8 nitrogen and oxygen atoms in total. The fourth-order valence-corrected chi connectivity index (χ4v) is 4.35. The summed E-state index contributed by atoms with van der Waals surface area (Å²) in [6.07, 6.45) is 0.910. The highest BCUT2D eigenvalue weighted by atomic mass is 35.5. The Kier molecular flexibility index (Phi) is 6.34. The predicted octanol–water partition coefficient (Wildman–Crippen LogP) is 3.26. The zero-order chi connectivity index (χ0) is 22.8. The topological polar surface area (TPSA) is 93.8 Å². The van der Waals surface area contributed by atoms with Gasteiger partial charge in [-0.2, -0.15) is 0 Å². The number of esters is 1. The van der Waals surface area contributed by atoms with E-state index in [1.165, 1.54) is 7.11 Å². The second-order valence-electron chi connectivity index (χ2n) is 7.60. The van der Waals surface area contributed by atoms with Gasteiger partial charge in [-0.15, -0.1) is 0 Å². The number of methoxy groups -OCH3 is 3. The summed E-state index contributed by atoms with van der Waals surface area (Å²) in [5.41, 5.74) is 2.37. The monoisotopic (exact) mass is 457 g/mol. The van der Waals surface area contributed by atoms with Crippen molar-refractivity contribution < 1.29 is 19.0 Å². The maximum atomic E-state index is 12.6. The van der Waals surface area contributed by atoms with Gasteiger partial charge < -0.3 is 19.2 Å². The lowest BCUT2D eigenvalue weighted by Crippen LogP contribution is -2.37. The number of rotatable bonds is 6. The van der Waals surface area contributed by atoms with Crippen molar-refractivity contribution >= 4 is 28.5 Å². The minimum atomic E-state index is -0.322. The van der Waals surface area contributed by atoms with Crippen molar-refractivity contribution in [2.45, 2.75) is 25.4 Å². The van der Waals surface area contributed by atoms with Crippen molar-refractivity contribution in [1.29, 1.82) is 0 Å². The van der Waals surface area contributed by atoms with Gasteiger partial charge in [-0.3, -0.25) is 14.5 Å². The molecule has 0 spiro atoms. The van der Waals surface area contributed by atoms with Crippen LogP contribution in [0.3, 0.4) is 0 Å². The van der Waals surface area contributed by atoms with E-state index in [0.717, 1.165) is 17.5 Å². The van der Waals surface area contributed by atoms with Gasteiger partial charge in [0.25, 0.3) is 5.56 Å². The van der Waals surface area contributed by atoms with Gasteiger partial charge in [0.2, 0.25) is 0 Å². The number of hydrogen-bond acceptors (Lipinski definition) is 7. The first-order chi connectivity index (χ1) is 15.4. The molecule has 2 heterocycles. The highest BCUT2D eigenvalue weighted by Gasteiger charge is 2.31. The lowest BCUT2D eigenvalue weighted by Gasteiger charge is -2.37. The molecule has 1 atom stereocenters. The molecule has 1 aliphatic heterocycles. The van der Waals surface area contributed by atoms with Crippen LogP contribution in [0.15, 0.2) is 35.1 Å². The van der Waals surface area contributed by atoms with E-state index in [0.29, 0.717) is 46.3 Å². The van der Waals surface area contributed by atoms with E-state index in [-0.39, 0.29) is 24.0 Å². The van der Waals surface area contributed by atoms with E-state index in [1.54, 1.807) is 32.4 Å². The van der Waals surface area contributed by atoms with E-state index in [2.05, 4.69) is 14.9 Å². The van der Waals surface area contributed by atoms with Crippen LogP contribution in [0.2, 0.25) is 5.02 Å². The normalized spacial score (nSPS) is 15.9. The summed E-state index contributed by atoms with van der Waals surface area (Å²) in [7, 11) is 4.55. The number of aromatic amines is 1. The molecule has 1 aromatic heterocycles. The smallest absolute Gasteiger partial charge is 0.307 e. The van der Waals surface area contributed by atoms with E-state index in [4.69, 9.17) is 25.8 Å². The van der Waals surface area contributed by atoms with Crippen LogP contribution in [0.25, 0.3) is 10.9 Å². The van der Waals surface area contributed by atoms with Gasteiger partial charge in [-0.05, 0) is 47.9 Å². The minimum absolute atomic E-state index is 0.159. The van der Waals surface area contributed by atoms with Crippen LogP contribution in [0, 0.1) is 0 Å². The van der Waals surface area contributed by atoms with E-state index >= 15 is 0 Å². The Balaban J connectivity index is 1.72. The quantitative estimate of drug-likeness (QED) is 0.568. The summed E-state index contributed by atoms with van der Waals surface area (Å²) in [5, 5.41) is 0.917. The summed E-state index contributed by atoms with van der Waals surface area (Å²) < 4.78 is 15.9. The van der Waals surface area contributed by atoms with E-state index in [1.807, 2.05) is 12.1 Å². The van der Waals surface area contributed by atoms with Crippen LogP contribution >= 0.6 is 11.6 Å². The van der Waals surface area contributed by atoms with E-state index in [9.17, 15) is 9.59 Å². The van der Waals surface area contributed by atoms with Gasteiger partial charge in [0, 0.05) is 17.6 Å². The summed E-state index contributed by atoms with van der Waals surface area (Å²) in [4.78, 5) is 34.4. The molecule has 2 aromatic carbocycles. The molecule has 0 saturated carbocycles.